The van der Waals surface area contributed by atoms with Gasteiger partial charge in [0.25, 0.3) is 5.91 Å². The van der Waals surface area contributed by atoms with Crippen molar-refractivity contribution in [2.24, 2.45) is 17.2 Å². The molecule has 1 unspecified atom stereocenters. The number of likely N-dealkylation sites (N-methyl/N-ethyl adjacent to an activating group) is 1. The molecular weight excluding hydrogens is 859 g/mol. The van der Waals surface area contributed by atoms with Crippen molar-refractivity contribution >= 4 is 29.5 Å². The van der Waals surface area contributed by atoms with Gasteiger partial charge in [-0.15, -0.1) is 0 Å². The molecule has 0 aliphatic carbocycles. The summed E-state index contributed by atoms with van der Waals surface area (Å²) in [7, 11) is 1.41. The van der Waals surface area contributed by atoms with E-state index in [2.05, 4.69) is 45.1 Å². The molecule has 19 heteroatoms. The van der Waals surface area contributed by atoms with Gasteiger partial charge in [0.1, 0.15) is 61.2 Å². The third-order valence-corrected chi connectivity index (χ3v) is 11.7. The molecule has 2 aliphatic heterocycles. The molecule has 354 valence electrons. The van der Waals surface area contributed by atoms with Crippen LogP contribution in [0.4, 0.5) is 0 Å². The molecule has 4 aromatic rings. The summed E-state index contributed by atoms with van der Waals surface area (Å²) in [5.41, 5.74) is 22.2. The van der Waals surface area contributed by atoms with Gasteiger partial charge in [0, 0.05) is 54.2 Å². The molecule has 67 heavy (non-hydrogen) atoms. The topological polar surface area (TPSA) is 292 Å². The molecule has 2 aliphatic rings. The van der Waals surface area contributed by atoms with Gasteiger partial charge in [-0.2, -0.15) is 5.26 Å². The minimum atomic E-state index is -1.41. The predicted octanol–water partition coefficient (Wildman–Crippen LogP) is 1.60. The average molecular weight is 918 g/mol. The molecule has 3 heterocycles. The zero-order valence-corrected chi connectivity index (χ0v) is 38.7. The van der Waals surface area contributed by atoms with Crippen LogP contribution in [-0.4, -0.2) is 116 Å². The molecule has 0 radical (unpaired) electrons. The number of nitrogens with two attached hydrogens (primary N) is 3. The van der Waals surface area contributed by atoms with Crippen molar-refractivity contribution in [3.8, 4) is 45.8 Å². The molecule has 0 spiro atoms. The number of carbonyl (C=O) groups is 5. The van der Waals surface area contributed by atoms with E-state index in [0.717, 1.165) is 16.9 Å². The van der Waals surface area contributed by atoms with E-state index in [1.807, 2.05) is 24.3 Å². The Kier molecular flexibility index (Phi) is 15.8. The first-order chi connectivity index (χ1) is 32.0. The summed E-state index contributed by atoms with van der Waals surface area (Å²) in [5, 5.41) is 19.9. The minimum absolute atomic E-state index is 0.00136. The van der Waals surface area contributed by atoms with Crippen LogP contribution in [0.2, 0.25) is 0 Å². The molecule has 0 saturated carbocycles. The summed E-state index contributed by atoms with van der Waals surface area (Å²) in [5.74, 6) is -1.46. The number of carbonyl (C=O) groups excluding carboxylic acids is 5. The van der Waals surface area contributed by atoms with Gasteiger partial charge in [0.2, 0.25) is 23.6 Å². The number of fused-ring (bicyclic) bond motifs is 6. The molecule has 5 amide bonds. The smallest absolute Gasteiger partial charge is 0.255 e. The van der Waals surface area contributed by atoms with Crippen LogP contribution < -0.4 is 52.7 Å². The van der Waals surface area contributed by atoms with Gasteiger partial charge in [0.15, 0.2) is 5.82 Å². The number of nitrogens with zero attached hydrogens (tertiary/aromatic N) is 4. The maximum atomic E-state index is 14.8. The number of benzene rings is 3. The number of nitriles is 1. The standard InChI is InChI=1S/C48H59N11O8/c1-26-40(27(2)55-42(54-26)31-8-10-34-39(24-31)67-25-48(34,4)5)45(62)57-35(13-14-49)47(64)59(6)41-30-9-12-38(66-20-17-52)33(23-30)32-21-29(7-11-37(32)65-19-16-51)22-36(44(61)53-18-15-50)58-43(60)28(3)56-46(41)63/h7-12,21,23-24,28,35-36,41H,13-14,16-20,22,25,49,51-52H2,1-6H3,(H,53,61)(H,56,63)(H,57,62)(H,58,60)/t28-,35?,36-,41-/m0/s1. The fraction of sp³-hybridized carbons (Fsp3) is 0.417. The SMILES string of the molecule is Cc1nc(-c2ccc3c(c2)OCC3(C)C)nc(C)c1C(=O)NC(CCN)C(=O)N(C)[C@@H]1C(=O)N[C@@H](C)C(=O)N[C@H](C(=O)NCC#N)Cc2ccc(OCCN)c(c2)-c2cc1ccc2OCCN. The van der Waals surface area contributed by atoms with Gasteiger partial charge in [-0.3, -0.25) is 24.0 Å². The van der Waals surface area contributed by atoms with Crippen LogP contribution in [0.1, 0.15) is 71.7 Å². The van der Waals surface area contributed by atoms with E-state index in [4.69, 9.17) is 31.4 Å². The van der Waals surface area contributed by atoms with Crippen LogP contribution in [0.3, 0.4) is 0 Å². The Morgan fingerprint density at radius 3 is 2.22 bits per heavy atom. The molecule has 10 N–H and O–H groups in total. The monoisotopic (exact) mass is 917 g/mol. The van der Waals surface area contributed by atoms with Crippen LogP contribution in [0.25, 0.3) is 22.5 Å². The molecule has 4 atom stereocenters. The largest absolute Gasteiger partial charge is 0.492 e. The molecular formula is C48H59N11O8. The maximum absolute atomic E-state index is 14.8. The Bertz CT molecular complexity index is 2550. The second kappa shape index (κ2) is 21.4. The summed E-state index contributed by atoms with van der Waals surface area (Å²) < 4.78 is 18.1. The van der Waals surface area contributed by atoms with Gasteiger partial charge < -0.3 is 57.6 Å². The summed E-state index contributed by atoms with van der Waals surface area (Å²) >= 11 is 0. The second-order valence-electron chi connectivity index (χ2n) is 17.2. The van der Waals surface area contributed by atoms with Gasteiger partial charge in [-0.25, -0.2) is 9.97 Å². The number of hydrogen-bond donors (Lipinski definition) is 7. The van der Waals surface area contributed by atoms with Crippen molar-refractivity contribution in [2.45, 2.75) is 77.0 Å². The average Bonchev–Trinajstić information content (AvgIpc) is 3.61. The van der Waals surface area contributed by atoms with Crippen LogP contribution in [0, 0.1) is 25.2 Å². The molecule has 3 aromatic carbocycles. The quantitative estimate of drug-likeness (QED) is 0.0835. The van der Waals surface area contributed by atoms with E-state index in [-0.39, 0.29) is 63.2 Å². The Labute approximate surface area is 389 Å². The van der Waals surface area contributed by atoms with Crippen molar-refractivity contribution in [1.29, 1.82) is 5.26 Å². The van der Waals surface area contributed by atoms with Gasteiger partial charge >= 0.3 is 0 Å². The van der Waals surface area contributed by atoms with Crippen molar-refractivity contribution < 1.29 is 38.2 Å². The van der Waals surface area contributed by atoms with E-state index < -0.39 is 53.7 Å². The van der Waals surface area contributed by atoms with Crippen LogP contribution in [0.5, 0.6) is 17.2 Å². The first-order valence-corrected chi connectivity index (χ1v) is 22.1. The van der Waals surface area contributed by atoms with Gasteiger partial charge in [0.05, 0.1) is 29.6 Å². The lowest BCUT2D eigenvalue weighted by molar-refractivity contribution is -0.141. The molecule has 6 rings (SSSR count). The molecule has 1 aromatic heterocycles. The fourth-order valence-corrected chi connectivity index (χ4v) is 8.21. The molecule has 0 fully saturated rings. The number of aromatic nitrogens is 2. The number of rotatable bonds is 15. The number of nitrogens with one attached hydrogen (secondary N) is 4. The zero-order valence-electron chi connectivity index (χ0n) is 38.7. The van der Waals surface area contributed by atoms with Gasteiger partial charge in [-0.05, 0) is 75.2 Å². The van der Waals surface area contributed by atoms with E-state index in [1.54, 1.807) is 50.2 Å². The van der Waals surface area contributed by atoms with Crippen molar-refractivity contribution in [3.05, 3.63) is 88.2 Å². The number of amides is 5. The van der Waals surface area contributed by atoms with Crippen LogP contribution in [-0.2, 0) is 31.0 Å². The molecule has 19 nitrogen and oxygen atoms in total. The number of aryl methyl sites for hydroxylation is 2. The fourth-order valence-electron chi connectivity index (χ4n) is 8.21. The third kappa shape index (κ3) is 11.1. The first kappa shape index (κ1) is 49.3. The Morgan fingerprint density at radius 2 is 1.58 bits per heavy atom. The molecule has 0 saturated heterocycles. The van der Waals surface area contributed by atoms with Crippen molar-refractivity contribution in [1.82, 2.24) is 36.1 Å². The molecule has 4 bridgehead atoms. The highest BCUT2D eigenvalue weighted by Crippen LogP contribution is 2.42. The maximum Gasteiger partial charge on any atom is 0.255 e. The number of hydrogen-bond acceptors (Lipinski definition) is 14. The van der Waals surface area contributed by atoms with E-state index >= 15 is 0 Å². The summed E-state index contributed by atoms with van der Waals surface area (Å²) in [4.78, 5) is 81.2. The lowest BCUT2D eigenvalue weighted by Gasteiger charge is -2.32. The lowest BCUT2D eigenvalue weighted by Crippen LogP contribution is -2.56. The highest BCUT2D eigenvalue weighted by atomic mass is 16.5. The highest BCUT2D eigenvalue weighted by Gasteiger charge is 2.37. The van der Waals surface area contributed by atoms with Crippen LogP contribution in [0.15, 0.2) is 54.6 Å². The van der Waals surface area contributed by atoms with E-state index in [9.17, 15) is 29.2 Å². The Balaban J connectivity index is 1.38. The first-order valence-electron chi connectivity index (χ1n) is 22.1. The van der Waals surface area contributed by atoms with Crippen LogP contribution >= 0.6 is 0 Å². The predicted molar refractivity (Wildman–Crippen MR) is 249 cm³/mol. The number of ether oxygens (including phenoxy) is 3. The van der Waals surface area contributed by atoms with E-state index in [0.29, 0.717) is 57.6 Å². The normalized spacial score (nSPS) is 17.8. The highest BCUT2D eigenvalue weighted by molar-refractivity contribution is 6.00. The summed E-state index contributed by atoms with van der Waals surface area (Å²) in [6.45, 7) is 9.92. The Hall–Kier alpha value is -7.14. The van der Waals surface area contributed by atoms with Crippen molar-refractivity contribution in [3.63, 3.8) is 0 Å². The second-order valence-corrected chi connectivity index (χ2v) is 17.2. The Morgan fingerprint density at radius 1 is 0.925 bits per heavy atom. The minimum Gasteiger partial charge on any atom is -0.492 e. The summed E-state index contributed by atoms with van der Waals surface area (Å²) in [6.07, 6.45) is -0.00972. The van der Waals surface area contributed by atoms with Crippen molar-refractivity contribution in [2.75, 3.05) is 53.0 Å². The van der Waals surface area contributed by atoms with Gasteiger partial charge in [-0.1, -0.05) is 38.1 Å². The van der Waals surface area contributed by atoms with E-state index in [1.165, 1.54) is 18.9 Å². The lowest BCUT2D eigenvalue weighted by atomic mass is 9.86. The zero-order chi connectivity index (χ0) is 48.6. The summed E-state index contributed by atoms with van der Waals surface area (Å²) in [6, 6.07) is 12.8. The third-order valence-electron chi connectivity index (χ3n) is 11.7.